The van der Waals surface area contributed by atoms with Crippen molar-refractivity contribution in [2.45, 2.75) is 6.92 Å². The van der Waals surface area contributed by atoms with Crippen LogP contribution >= 0.6 is 11.6 Å². The van der Waals surface area contributed by atoms with Gasteiger partial charge in [-0.05, 0) is 25.1 Å². The Hall–Kier alpha value is -2.45. The molecule has 0 radical (unpaired) electrons. The molecule has 3 heterocycles. The molecule has 2 aliphatic heterocycles. The lowest BCUT2D eigenvalue weighted by Gasteiger charge is -2.36. The van der Waals surface area contributed by atoms with E-state index in [4.69, 9.17) is 16.3 Å². The van der Waals surface area contributed by atoms with Crippen molar-refractivity contribution in [2.75, 3.05) is 62.3 Å². The number of carbonyl (C=O) groups is 1. The Morgan fingerprint density at radius 2 is 1.62 bits per heavy atom. The van der Waals surface area contributed by atoms with Gasteiger partial charge in [0.05, 0.1) is 23.8 Å². The van der Waals surface area contributed by atoms with Crippen LogP contribution in [0, 0.1) is 12.7 Å². The zero-order valence-corrected chi connectivity index (χ0v) is 17.0. The summed E-state index contributed by atoms with van der Waals surface area (Å²) in [5.41, 5.74) is 0.328. The van der Waals surface area contributed by atoms with Crippen molar-refractivity contribution in [3.8, 4) is 0 Å². The van der Waals surface area contributed by atoms with Gasteiger partial charge in [0.15, 0.2) is 0 Å². The Bertz CT molecular complexity index is 898. The summed E-state index contributed by atoms with van der Waals surface area (Å²) in [7, 11) is 0. The number of morpholine rings is 1. The molecule has 29 heavy (non-hydrogen) atoms. The second-order valence-corrected chi connectivity index (χ2v) is 7.54. The number of hydrogen-bond acceptors (Lipinski definition) is 6. The molecule has 2 saturated heterocycles. The number of piperazine rings is 1. The average Bonchev–Trinajstić information content (AvgIpc) is 2.74. The number of nitrogens with zero attached hydrogens (tertiary/aromatic N) is 5. The maximum absolute atomic E-state index is 13.3. The lowest BCUT2D eigenvalue weighted by atomic mass is 10.1. The highest BCUT2D eigenvalue weighted by Crippen LogP contribution is 2.23. The fourth-order valence-electron chi connectivity index (χ4n) is 3.62. The van der Waals surface area contributed by atoms with Crippen LogP contribution in [0.15, 0.2) is 24.3 Å². The van der Waals surface area contributed by atoms with Crippen molar-refractivity contribution in [3.63, 3.8) is 0 Å². The van der Waals surface area contributed by atoms with Gasteiger partial charge in [0, 0.05) is 45.3 Å². The summed E-state index contributed by atoms with van der Waals surface area (Å²) >= 11 is 6.05. The van der Waals surface area contributed by atoms with Crippen LogP contribution in [0.25, 0.3) is 0 Å². The SMILES string of the molecule is Cc1nc(N2CCOCC2)cc(N2CCN(C(=O)c3ccc(F)cc3Cl)CC2)n1. The number of benzene rings is 1. The van der Waals surface area contributed by atoms with Crippen LogP contribution in [0.3, 0.4) is 0 Å². The van der Waals surface area contributed by atoms with Crippen molar-refractivity contribution >= 4 is 29.1 Å². The molecule has 154 valence electrons. The maximum atomic E-state index is 13.3. The lowest BCUT2D eigenvalue weighted by Crippen LogP contribution is -2.49. The van der Waals surface area contributed by atoms with E-state index in [2.05, 4.69) is 19.8 Å². The molecule has 1 aromatic carbocycles. The molecule has 2 aromatic rings. The summed E-state index contributed by atoms with van der Waals surface area (Å²) in [6, 6.07) is 5.87. The Kier molecular flexibility index (Phi) is 5.82. The van der Waals surface area contributed by atoms with Crippen LogP contribution in [0.5, 0.6) is 0 Å². The topological polar surface area (TPSA) is 61.8 Å². The first-order valence-corrected chi connectivity index (χ1v) is 10.1. The van der Waals surface area contributed by atoms with Gasteiger partial charge in [-0.25, -0.2) is 14.4 Å². The molecule has 2 fully saturated rings. The van der Waals surface area contributed by atoms with Crippen molar-refractivity contribution in [1.29, 1.82) is 0 Å². The molecule has 7 nitrogen and oxygen atoms in total. The predicted molar refractivity (Wildman–Crippen MR) is 109 cm³/mol. The second kappa shape index (κ2) is 8.51. The van der Waals surface area contributed by atoms with Crippen LogP contribution in [0.1, 0.15) is 16.2 Å². The number of amides is 1. The van der Waals surface area contributed by atoms with E-state index in [-0.39, 0.29) is 10.9 Å². The summed E-state index contributed by atoms with van der Waals surface area (Å²) in [5, 5.41) is 0.138. The van der Waals surface area contributed by atoms with Crippen LogP contribution < -0.4 is 9.80 Å². The van der Waals surface area contributed by atoms with Crippen molar-refractivity contribution in [1.82, 2.24) is 14.9 Å². The number of anilines is 2. The molecule has 9 heteroatoms. The predicted octanol–water partition coefficient (Wildman–Crippen LogP) is 2.38. The van der Waals surface area contributed by atoms with Crippen molar-refractivity contribution in [2.24, 2.45) is 0 Å². The van der Waals surface area contributed by atoms with Gasteiger partial charge >= 0.3 is 0 Å². The molecule has 1 aromatic heterocycles. The zero-order chi connectivity index (χ0) is 20.4. The van der Waals surface area contributed by atoms with Crippen molar-refractivity contribution < 1.29 is 13.9 Å². The Balaban J connectivity index is 1.44. The Morgan fingerprint density at radius 1 is 1.00 bits per heavy atom. The largest absolute Gasteiger partial charge is 0.378 e. The van der Waals surface area contributed by atoms with E-state index in [0.717, 1.165) is 30.5 Å². The highest BCUT2D eigenvalue weighted by Gasteiger charge is 2.25. The third-order valence-electron chi connectivity index (χ3n) is 5.20. The number of halogens is 2. The van der Waals surface area contributed by atoms with Gasteiger partial charge in [-0.15, -0.1) is 0 Å². The monoisotopic (exact) mass is 419 g/mol. The molecule has 1 amide bonds. The molecular formula is C20H23ClFN5O2. The first-order valence-electron chi connectivity index (χ1n) is 9.69. The van der Waals surface area contributed by atoms with E-state index in [1.54, 1.807) is 4.90 Å². The highest BCUT2D eigenvalue weighted by atomic mass is 35.5. The van der Waals surface area contributed by atoms with Gasteiger partial charge in [0.2, 0.25) is 0 Å². The van der Waals surface area contributed by atoms with Crippen LogP contribution in [0.2, 0.25) is 5.02 Å². The highest BCUT2D eigenvalue weighted by molar-refractivity contribution is 6.33. The number of ether oxygens (including phenoxy) is 1. The van der Waals surface area contributed by atoms with E-state index in [1.807, 2.05) is 13.0 Å². The normalized spacial score (nSPS) is 17.6. The second-order valence-electron chi connectivity index (χ2n) is 7.13. The third-order valence-corrected chi connectivity index (χ3v) is 5.51. The van der Waals surface area contributed by atoms with Gasteiger partial charge in [0.25, 0.3) is 5.91 Å². The molecule has 4 rings (SSSR count). The van der Waals surface area contributed by atoms with E-state index in [0.29, 0.717) is 45.0 Å². The minimum atomic E-state index is -0.452. The standard InChI is InChI=1S/C20H23ClFN5O2/c1-14-23-18(13-19(24-14)26-8-10-29-11-9-26)25-4-6-27(7-5-25)20(28)16-3-2-15(22)12-17(16)21/h2-3,12-13H,4-11H2,1H3. The summed E-state index contributed by atoms with van der Waals surface area (Å²) in [6.07, 6.45) is 0. The number of carbonyl (C=O) groups excluding carboxylic acids is 1. The van der Waals surface area contributed by atoms with Gasteiger partial charge in [-0.2, -0.15) is 0 Å². The summed E-state index contributed by atoms with van der Waals surface area (Å²) < 4.78 is 18.7. The van der Waals surface area contributed by atoms with E-state index in [9.17, 15) is 9.18 Å². The van der Waals surface area contributed by atoms with Gasteiger partial charge in [-0.1, -0.05) is 11.6 Å². The quantitative estimate of drug-likeness (QED) is 0.761. The van der Waals surface area contributed by atoms with Crippen LogP contribution in [0.4, 0.5) is 16.0 Å². The van der Waals surface area contributed by atoms with Gasteiger partial charge in [0.1, 0.15) is 23.3 Å². The molecule has 0 unspecified atom stereocenters. The van der Waals surface area contributed by atoms with E-state index in [1.165, 1.54) is 18.2 Å². The lowest BCUT2D eigenvalue weighted by molar-refractivity contribution is 0.0746. The minimum Gasteiger partial charge on any atom is -0.378 e. The molecule has 0 saturated carbocycles. The molecule has 0 atom stereocenters. The molecule has 2 aliphatic rings. The van der Waals surface area contributed by atoms with Gasteiger partial charge < -0.3 is 19.4 Å². The first-order chi connectivity index (χ1) is 14.0. The fraction of sp³-hybridized carbons (Fsp3) is 0.450. The van der Waals surface area contributed by atoms with E-state index < -0.39 is 5.82 Å². The smallest absolute Gasteiger partial charge is 0.255 e. The zero-order valence-electron chi connectivity index (χ0n) is 16.3. The van der Waals surface area contributed by atoms with Gasteiger partial charge in [-0.3, -0.25) is 4.79 Å². The molecule has 0 N–H and O–H groups in total. The summed E-state index contributed by atoms with van der Waals surface area (Å²) in [4.78, 5) is 28.0. The van der Waals surface area contributed by atoms with Crippen LogP contribution in [-0.4, -0.2) is 73.3 Å². The number of aromatic nitrogens is 2. The molecule has 0 bridgehead atoms. The molecule has 0 spiro atoms. The molecule has 0 aliphatic carbocycles. The average molecular weight is 420 g/mol. The minimum absolute atomic E-state index is 0.138. The molecular weight excluding hydrogens is 397 g/mol. The first kappa shape index (κ1) is 19.8. The summed E-state index contributed by atoms with van der Waals surface area (Å²) in [6.45, 7) is 7.32. The Labute approximate surface area is 174 Å². The van der Waals surface area contributed by atoms with Crippen LogP contribution in [-0.2, 0) is 4.74 Å². The van der Waals surface area contributed by atoms with Crippen molar-refractivity contribution in [3.05, 3.63) is 46.5 Å². The third kappa shape index (κ3) is 4.43. The number of aryl methyl sites for hydroxylation is 1. The summed E-state index contributed by atoms with van der Waals surface area (Å²) in [5.74, 6) is 1.87. The van der Waals surface area contributed by atoms with E-state index >= 15 is 0 Å². The Morgan fingerprint density at radius 3 is 2.24 bits per heavy atom. The number of hydrogen-bond donors (Lipinski definition) is 0. The maximum Gasteiger partial charge on any atom is 0.255 e. The fourth-order valence-corrected chi connectivity index (χ4v) is 3.87. The number of rotatable bonds is 3.